The molecule has 2 aromatic carbocycles. The van der Waals surface area contributed by atoms with Gasteiger partial charge in [0.2, 0.25) is 0 Å². The normalized spacial score (nSPS) is 16.4. The summed E-state index contributed by atoms with van der Waals surface area (Å²) in [6.07, 6.45) is 1.26. The van der Waals surface area contributed by atoms with E-state index in [1.54, 1.807) is 0 Å². The molecule has 0 amide bonds. The Morgan fingerprint density at radius 2 is 1.72 bits per heavy atom. The lowest BCUT2D eigenvalue weighted by Gasteiger charge is -2.44. The van der Waals surface area contributed by atoms with E-state index in [4.69, 9.17) is 4.74 Å². The lowest BCUT2D eigenvalue weighted by atomic mass is 9.80. The van der Waals surface area contributed by atoms with Crippen molar-refractivity contribution in [3.63, 3.8) is 0 Å². The first-order valence-electron chi connectivity index (χ1n) is 11.1. The van der Waals surface area contributed by atoms with Crippen LogP contribution in [0.15, 0.2) is 66.0 Å². The summed E-state index contributed by atoms with van der Waals surface area (Å²) in [4.78, 5) is 30.0. The van der Waals surface area contributed by atoms with Gasteiger partial charge in [0.1, 0.15) is 0 Å². The highest BCUT2D eigenvalue weighted by atomic mass is 32.1. The van der Waals surface area contributed by atoms with Crippen LogP contribution in [0, 0.1) is 6.92 Å². The van der Waals surface area contributed by atoms with Crippen LogP contribution < -0.4 is 0 Å². The molecule has 1 aliphatic heterocycles. The SMILES string of the molecule is CCC(Cc1cccc(C(=O)c2ccccc2)c1)(C(=O)c1cc(C)cs1)N1CCOCC1. The van der Waals surface area contributed by atoms with Crippen molar-refractivity contribution in [2.24, 2.45) is 0 Å². The van der Waals surface area contributed by atoms with Crippen molar-refractivity contribution in [1.82, 2.24) is 4.90 Å². The van der Waals surface area contributed by atoms with Gasteiger partial charge in [-0.2, -0.15) is 0 Å². The fourth-order valence-corrected chi connectivity index (χ4v) is 5.46. The Morgan fingerprint density at radius 3 is 2.38 bits per heavy atom. The summed E-state index contributed by atoms with van der Waals surface area (Å²) in [6.45, 7) is 6.83. The largest absolute Gasteiger partial charge is 0.379 e. The number of morpholine rings is 1. The summed E-state index contributed by atoms with van der Waals surface area (Å²) in [7, 11) is 0. The lowest BCUT2D eigenvalue weighted by molar-refractivity contribution is -0.0161. The average molecular weight is 448 g/mol. The number of ketones is 2. The van der Waals surface area contributed by atoms with Crippen LogP contribution in [0.5, 0.6) is 0 Å². The van der Waals surface area contributed by atoms with Crippen LogP contribution in [-0.2, 0) is 11.2 Å². The molecule has 2 heterocycles. The van der Waals surface area contributed by atoms with Crippen LogP contribution in [0.1, 0.15) is 50.1 Å². The van der Waals surface area contributed by atoms with Crippen LogP contribution in [0.25, 0.3) is 0 Å². The third kappa shape index (κ3) is 4.60. The summed E-state index contributed by atoms with van der Waals surface area (Å²) in [6, 6.07) is 19.1. The second-order valence-electron chi connectivity index (χ2n) is 8.37. The van der Waals surface area contributed by atoms with E-state index in [0.717, 1.165) is 29.1 Å². The monoisotopic (exact) mass is 447 g/mol. The van der Waals surface area contributed by atoms with E-state index in [0.29, 0.717) is 37.2 Å². The van der Waals surface area contributed by atoms with Gasteiger partial charge in [-0.3, -0.25) is 14.5 Å². The number of thiophene rings is 1. The summed E-state index contributed by atoms with van der Waals surface area (Å²) in [5, 5.41) is 2.03. The number of benzene rings is 2. The molecule has 1 fully saturated rings. The molecular formula is C27H29NO3S. The number of aryl methyl sites for hydroxylation is 1. The maximum absolute atomic E-state index is 13.9. The molecule has 166 valence electrons. The predicted molar refractivity (Wildman–Crippen MR) is 129 cm³/mol. The number of Topliss-reactive ketones (excluding diaryl/α,β-unsaturated/α-hetero) is 1. The fraction of sp³-hybridized carbons (Fsp3) is 0.333. The summed E-state index contributed by atoms with van der Waals surface area (Å²) < 4.78 is 5.58. The highest BCUT2D eigenvalue weighted by molar-refractivity contribution is 7.12. The molecule has 1 aromatic heterocycles. The van der Waals surface area contributed by atoms with Gasteiger partial charge in [0, 0.05) is 24.2 Å². The van der Waals surface area contributed by atoms with Gasteiger partial charge in [0.25, 0.3) is 0 Å². The van der Waals surface area contributed by atoms with Crippen molar-refractivity contribution >= 4 is 22.9 Å². The van der Waals surface area contributed by atoms with Gasteiger partial charge in [0.15, 0.2) is 11.6 Å². The molecular weight excluding hydrogens is 418 g/mol. The third-order valence-electron chi connectivity index (χ3n) is 6.30. The Kier molecular flexibility index (Phi) is 6.99. The van der Waals surface area contributed by atoms with Crippen LogP contribution in [-0.4, -0.2) is 48.3 Å². The van der Waals surface area contributed by atoms with Crippen molar-refractivity contribution in [3.05, 3.63) is 93.2 Å². The Morgan fingerprint density at radius 1 is 1.00 bits per heavy atom. The van der Waals surface area contributed by atoms with Gasteiger partial charge in [-0.1, -0.05) is 55.5 Å². The first-order chi connectivity index (χ1) is 15.5. The zero-order valence-electron chi connectivity index (χ0n) is 18.7. The number of nitrogens with zero attached hydrogens (tertiary/aromatic N) is 1. The lowest BCUT2D eigenvalue weighted by Crippen LogP contribution is -2.59. The number of hydrogen-bond donors (Lipinski definition) is 0. The Hall–Kier alpha value is -2.60. The number of rotatable bonds is 8. The van der Waals surface area contributed by atoms with Crippen molar-refractivity contribution in [2.45, 2.75) is 32.2 Å². The average Bonchev–Trinajstić information content (AvgIpc) is 3.29. The van der Waals surface area contributed by atoms with Crippen LogP contribution in [0.2, 0.25) is 0 Å². The summed E-state index contributed by atoms with van der Waals surface area (Å²) in [5.41, 5.74) is 2.78. The van der Waals surface area contributed by atoms with Gasteiger partial charge in [-0.25, -0.2) is 0 Å². The molecule has 1 atom stereocenters. The van der Waals surface area contributed by atoms with E-state index in [1.165, 1.54) is 11.3 Å². The molecule has 0 aliphatic carbocycles. The number of carbonyl (C=O) groups excluding carboxylic acids is 2. The van der Waals surface area contributed by atoms with E-state index in [9.17, 15) is 9.59 Å². The highest BCUT2D eigenvalue weighted by Gasteiger charge is 2.44. The standard InChI is InChI=1S/C27H29NO3S/c1-3-27(28-12-14-31-15-13-28,26(30)24-16-20(2)19-32-24)18-21-8-7-11-23(17-21)25(29)22-9-5-4-6-10-22/h4-11,16-17,19H,3,12-15,18H2,1-2H3. The van der Waals surface area contributed by atoms with E-state index in [-0.39, 0.29) is 11.6 Å². The summed E-state index contributed by atoms with van der Waals surface area (Å²) >= 11 is 1.52. The molecule has 3 aromatic rings. The minimum atomic E-state index is -0.657. The van der Waals surface area contributed by atoms with E-state index < -0.39 is 5.54 Å². The quantitative estimate of drug-likeness (QED) is 0.446. The van der Waals surface area contributed by atoms with Gasteiger partial charge < -0.3 is 4.74 Å². The molecule has 0 spiro atoms. The molecule has 4 nitrogen and oxygen atoms in total. The predicted octanol–water partition coefficient (Wildman–Crippen LogP) is 5.19. The number of hydrogen-bond acceptors (Lipinski definition) is 5. The summed E-state index contributed by atoms with van der Waals surface area (Å²) in [5.74, 6) is 0.168. The topological polar surface area (TPSA) is 46.6 Å². The molecule has 1 saturated heterocycles. The molecule has 0 bridgehead atoms. The molecule has 0 radical (unpaired) electrons. The molecule has 4 rings (SSSR count). The van der Waals surface area contributed by atoms with Crippen molar-refractivity contribution in [3.8, 4) is 0 Å². The smallest absolute Gasteiger partial charge is 0.193 e. The molecule has 1 unspecified atom stereocenters. The molecule has 5 heteroatoms. The second kappa shape index (κ2) is 9.90. The molecule has 1 aliphatic rings. The van der Waals surface area contributed by atoms with E-state index >= 15 is 0 Å². The number of carbonyl (C=O) groups is 2. The Bertz CT molecular complexity index is 1090. The van der Waals surface area contributed by atoms with Crippen LogP contribution in [0.4, 0.5) is 0 Å². The van der Waals surface area contributed by atoms with Crippen LogP contribution >= 0.6 is 11.3 Å². The zero-order valence-corrected chi connectivity index (χ0v) is 19.5. The number of ether oxygens (including phenoxy) is 1. The van der Waals surface area contributed by atoms with E-state index in [2.05, 4.69) is 11.8 Å². The van der Waals surface area contributed by atoms with Crippen molar-refractivity contribution < 1.29 is 14.3 Å². The maximum atomic E-state index is 13.9. The van der Waals surface area contributed by atoms with Gasteiger partial charge >= 0.3 is 0 Å². The molecule has 0 saturated carbocycles. The van der Waals surface area contributed by atoms with Crippen molar-refractivity contribution in [2.75, 3.05) is 26.3 Å². The first-order valence-corrected chi connectivity index (χ1v) is 12.0. The van der Waals surface area contributed by atoms with E-state index in [1.807, 2.05) is 73.0 Å². The maximum Gasteiger partial charge on any atom is 0.193 e. The van der Waals surface area contributed by atoms with Gasteiger partial charge in [-0.05, 0) is 48.4 Å². The minimum absolute atomic E-state index is 0.00105. The van der Waals surface area contributed by atoms with Gasteiger partial charge in [-0.15, -0.1) is 11.3 Å². The Balaban J connectivity index is 1.69. The van der Waals surface area contributed by atoms with Gasteiger partial charge in [0.05, 0.1) is 23.6 Å². The third-order valence-corrected chi connectivity index (χ3v) is 7.35. The Labute approximate surface area is 193 Å². The molecule has 32 heavy (non-hydrogen) atoms. The zero-order chi connectivity index (χ0) is 22.6. The minimum Gasteiger partial charge on any atom is -0.379 e. The van der Waals surface area contributed by atoms with Crippen LogP contribution in [0.3, 0.4) is 0 Å². The highest BCUT2D eigenvalue weighted by Crippen LogP contribution is 2.33. The molecule has 0 N–H and O–H groups in total. The first kappa shape index (κ1) is 22.6. The fourth-order valence-electron chi connectivity index (χ4n) is 4.53. The second-order valence-corrected chi connectivity index (χ2v) is 9.29. The van der Waals surface area contributed by atoms with Crippen molar-refractivity contribution in [1.29, 1.82) is 0 Å².